The number of para-hydroxylation sites is 2. The number of aliphatic hydroxyl groups excluding tert-OH is 1. The largest absolute Gasteiger partial charge is 0.507 e. The van der Waals surface area contributed by atoms with Crippen LogP contribution < -0.4 is 4.90 Å². The van der Waals surface area contributed by atoms with Gasteiger partial charge in [0.05, 0.1) is 22.9 Å². The topological polar surface area (TPSA) is 99.4 Å². The minimum atomic E-state index is -0.949. The quantitative estimate of drug-likeness (QED) is 0.295. The molecule has 0 spiro atoms. The van der Waals surface area contributed by atoms with Crippen molar-refractivity contribution in [3.63, 3.8) is 0 Å². The first-order valence-electron chi connectivity index (χ1n) is 9.82. The second-order valence-corrected chi connectivity index (χ2v) is 7.58. The van der Waals surface area contributed by atoms with E-state index >= 15 is 0 Å². The molecule has 1 unspecified atom stereocenters. The number of rotatable bonds is 3. The molecular weight excluding hydrogens is 394 g/mol. The normalized spacial score (nSPS) is 18.3. The Morgan fingerprint density at radius 3 is 2.65 bits per heavy atom. The van der Waals surface area contributed by atoms with Gasteiger partial charge in [0.25, 0.3) is 5.78 Å². The molecule has 7 nitrogen and oxygen atoms in total. The van der Waals surface area contributed by atoms with Crippen LogP contribution in [0.25, 0.3) is 16.8 Å². The van der Waals surface area contributed by atoms with Crippen LogP contribution in [0.2, 0.25) is 0 Å². The summed E-state index contributed by atoms with van der Waals surface area (Å²) in [5, 5.41) is 11.2. The Balaban J connectivity index is 1.74. The van der Waals surface area contributed by atoms with Crippen LogP contribution in [-0.2, 0) is 9.59 Å². The Morgan fingerprint density at radius 2 is 1.90 bits per heavy atom. The summed E-state index contributed by atoms with van der Waals surface area (Å²) in [6.45, 7) is 3.74. The molecule has 1 saturated heterocycles. The van der Waals surface area contributed by atoms with Crippen molar-refractivity contribution in [2.45, 2.75) is 19.9 Å². The minimum Gasteiger partial charge on any atom is -0.507 e. The molecule has 2 N–H and O–H groups in total. The van der Waals surface area contributed by atoms with Gasteiger partial charge in [-0.25, -0.2) is 4.98 Å². The zero-order valence-electron chi connectivity index (χ0n) is 16.9. The molecular formula is C24H19N3O4. The van der Waals surface area contributed by atoms with Gasteiger partial charge in [0.2, 0.25) is 5.95 Å². The average molecular weight is 413 g/mol. The van der Waals surface area contributed by atoms with E-state index in [9.17, 15) is 14.7 Å². The van der Waals surface area contributed by atoms with Crippen molar-refractivity contribution in [3.8, 4) is 0 Å². The number of aromatic nitrogens is 2. The second kappa shape index (κ2) is 6.98. The number of nitrogens with one attached hydrogen (secondary N) is 1. The number of aromatic amines is 1. The van der Waals surface area contributed by atoms with Crippen molar-refractivity contribution < 1.29 is 19.1 Å². The van der Waals surface area contributed by atoms with Crippen molar-refractivity contribution in [1.82, 2.24) is 9.97 Å². The lowest BCUT2D eigenvalue weighted by atomic mass is 9.96. The number of Topliss-reactive ketones (excluding diaryl/α,β-unsaturated/α-hetero) is 1. The molecule has 1 fully saturated rings. The first-order chi connectivity index (χ1) is 15.0. The Labute approximate surface area is 177 Å². The van der Waals surface area contributed by atoms with E-state index in [2.05, 4.69) is 9.97 Å². The van der Waals surface area contributed by atoms with Gasteiger partial charge in [0.1, 0.15) is 17.6 Å². The molecule has 1 amide bonds. The highest BCUT2D eigenvalue weighted by Gasteiger charge is 2.49. The highest BCUT2D eigenvalue weighted by atomic mass is 16.3. The number of hydrogen-bond donors (Lipinski definition) is 2. The van der Waals surface area contributed by atoms with Gasteiger partial charge in [-0.2, -0.15) is 0 Å². The summed E-state index contributed by atoms with van der Waals surface area (Å²) in [5.41, 5.74) is 3.57. The number of furan rings is 1. The van der Waals surface area contributed by atoms with Crippen molar-refractivity contribution in [2.75, 3.05) is 4.90 Å². The number of anilines is 1. The highest BCUT2D eigenvalue weighted by Crippen LogP contribution is 2.42. The molecule has 0 saturated carbocycles. The first kappa shape index (κ1) is 18.9. The molecule has 1 aliphatic rings. The van der Waals surface area contributed by atoms with Crippen LogP contribution in [0.1, 0.15) is 28.5 Å². The Morgan fingerprint density at radius 1 is 1.10 bits per heavy atom. The fraction of sp³-hybridized carbons (Fsp3) is 0.125. The summed E-state index contributed by atoms with van der Waals surface area (Å²) in [6, 6.07) is 15.3. The van der Waals surface area contributed by atoms with E-state index in [1.165, 1.54) is 11.2 Å². The van der Waals surface area contributed by atoms with Gasteiger partial charge in [0.15, 0.2) is 0 Å². The number of imidazole rings is 1. The number of hydrogen-bond acceptors (Lipinski definition) is 5. The molecule has 2 aromatic carbocycles. The summed E-state index contributed by atoms with van der Waals surface area (Å²) in [5.74, 6) is -1.25. The lowest BCUT2D eigenvalue weighted by molar-refractivity contribution is -0.132. The van der Waals surface area contributed by atoms with E-state index in [1.54, 1.807) is 18.2 Å². The van der Waals surface area contributed by atoms with Crippen LogP contribution in [0.4, 0.5) is 5.95 Å². The van der Waals surface area contributed by atoms with Crippen molar-refractivity contribution in [1.29, 1.82) is 0 Å². The van der Waals surface area contributed by atoms with Gasteiger partial charge in [-0.1, -0.05) is 29.8 Å². The third-order valence-electron chi connectivity index (χ3n) is 5.51. The van der Waals surface area contributed by atoms with Gasteiger partial charge in [-0.15, -0.1) is 0 Å². The summed E-state index contributed by atoms with van der Waals surface area (Å²) in [7, 11) is 0. The van der Waals surface area contributed by atoms with Crippen LogP contribution in [0.3, 0.4) is 0 Å². The number of fused-ring (bicyclic) bond motifs is 1. The van der Waals surface area contributed by atoms with Crippen molar-refractivity contribution >= 4 is 34.4 Å². The molecule has 3 heterocycles. The third-order valence-corrected chi connectivity index (χ3v) is 5.51. The van der Waals surface area contributed by atoms with Crippen molar-refractivity contribution in [3.05, 3.63) is 88.9 Å². The van der Waals surface area contributed by atoms with Crippen LogP contribution >= 0.6 is 0 Å². The summed E-state index contributed by atoms with van der Waals surface area (Å²) in [6.07, 6.45) is 1.46. The maximum absolute atomic E-state index is 13.1. The van der Waals surface area contributed by atoms with E-state index in [0.29, 0.717) is 16.8 Å². The number of carbonyl (C=O) groups excluding carboxylic acids is 2. The predicted octanol–water partition coefficient (Wildman–Crippen LogP) is 4.40. The number of amides is 1. The van der Waals surface area contributed by atoms with Gasteiger partial charge < -0.3 is 14.5 Å². The van der Waals surface area contributed by atoms with Crippen LogP contribution in [0.5, 0.6) is 0 Å². The Hall–Kier alpha value is -4.13. The lowest BCUT2D eigenvalue weighted by Crippen LogP contribution is -2.30. The zero-order valence-corrected chi connectivity index (χ0v) is 16.9. The summed E-state index contributed by atoms with van der Waals surface area (Å²) in [4.78, 5) is 35.1. The summed E-state index contributed by atoms with van der Waals surface area (Å²) < 4.78 is 5.58. The minimum absolute atomic E-state index is 0.0332. The van der Waals surface area contributed by atoms with Gasteiger partial charge in [-0.05, 0) is 49.7 Å². The lowest BCUT2D eigenvalue weighted by Gasteiger charge is -2.21. The second-order valence-electron chi connectivity index (χ2n) is 7.58. The number of carbonyl (C=O) groups is 2. The fourth-order valence-electron chi connectivity index (χ4n) is 3.96. The molecule has 0 bridgehead atoms. The van der Waals surface area contributed by atoms with Gasteiger partial charge in [0, 0.05) is 5.56 Å². The molecule has 2 aromatic heterocycles. The van der Waals surface area contributed by atoms with E-state index in [1.807, 2.05) is 50.2 Å². The van der Waals surface area contributed by atoms with Crippen LogP contribution in [-0.4, -0.2) is 26.8 Å². The molecule has 31 heavy (non-hydrogen) atoms. The fourth-order valence-corrected chi connectivity index (χ4v) is 3.96. The molecule has 5 rings (SSSR count). The van der Waals surface area contributed by atoms with Gasteiger partial charge >= 0.3 is 5.91 Å². The van der Waals surface area contributed by atoms with Crippen molar-refractivity contribution in [2.24, 2.45) is 0 Å². The maximum Gasteiger partial charge on any atom is 0.302 e. The molecule has 7 heteroatoms. The van der Waals surface area contributed by atoms with E-state index in [4.69, 9.17) is 4.42 Å². The van der Waals surface area contributed by atoms with Crippen LogP contribution in [0.15, 0.2) is 70.9 Å². The molecule has 154 valence electrons. The number of nitrogens with zero attached hydrogens (tertiary/aromatic N) is 2. The third kappa shape index (κ3) is 2.93. The number of ketones is 1. The number of H-pyrrole nitrogens is 1. The van der Waals surface area contributed by atoms with Gasteiger partial charge in [-0.3, -0.25) is 14.5 Å². The molecule has 0 radical (unpaired) electrons. The average Bonchev–Trinajstić information content (AvgIpc) is 3.48. The van der Waals surface area contributed by atoms with E-state index in [0.717, 1.165) is 16.6 Å². The first-order valence-corrected chi connectivity index (χ1v) is 9.82. The Kier molecular flexibility index (Phi) is 4.25. The molecule has 1 aliphatic heterocycles. The molecule has 1 atom stereocenters. The maximum atomic E-state index is 13.1. The number of aliphatic hydroxyl groups is 1. The standard InChI is InChI=1S/C24H19N3O4/c1-13-9-10-14(2)15(12-13)21(28)19-20(18-8-5-11-31-18)27(23(30)22(19)29)24-25-16-6-3-4-7-17(16)26-24/h3-12,20,28H,1-2H3,(H,25,26)/b21-19+. The highest BCUT2D eigenvalue weighted by molar-refractivity contribution is 6.51. The van der Waals surface area contributed by atoms with E-state index in [-0.39, 0.29) is 17.3 Å². The number of aryl methyl sites for hydroxylation is 2. The SMILES string of the molecule is Cc1ccc(C)c(/C(O)=C2\C(=O)C(=O)N(c3nc4ccccc4[nH]3)C2c2ccco2)c1. The smallest absolute Gasteiger partial charge is 0.302 e. The monoisotopic (exact) mass is 413 g/mol. The molecule has 4 aromatic rings. The number of benzene rings is 2. The Bertz CT molecular complexity index is 1330. The summed E-state index contributed by atoms with van der Waals surface area (Å²) >= 11 is 0. The van der Waals surface area contributed by atoms with Crippen LogP contribution in [0, 0.1) is 13.8 Å². The van der Waals surface area contributed by atoms with E-state index < -0.39 is 17.7 Å². The predicted molar refractivity (Wildman–Crippen MR) is 116 cm³/mol. The molecule has 0 aliphatic carbocycles. The zero-order chi connectivity index (χ0) is 21.7.